The van der Waals surface area contributed by atoms with Gasteiger partial charge < -0.3 is 15.4 Å². The highest BCUT2D eigenvalue weighted by atomic mass is 16.5. The lowest BCUT2D eigenvalue weighted by atomic mass is 9.94. The van der Waals surface area contributed by atoms with Crippen LogP contribution in [0.3, 0.4) is 0 Å². The maximum Gasteiger partial charge on any atom is 0.142 e. The summed E-state index contributed by atoms with van der Waals surface area (Å²) in [5.41, 5.74) is 6.60. The third kappa shape index (κ3) is 4.41. The third-order valence-corrected chi connectivity index (χ3v) is 4.26. The molecule has 0 aliphatic heterocycles. The number of ether oxygens (including phenoxy) is 1. The summed E-state index contributed by atoms with van der Waals surface area (Å²) in [4.78, 5) is 2.62. The zero-order valence-electron chi connectivity index (χ0n) is 12.7. The van der Waals surface area contributed by atoms with Crippen LogP contribution in [0.1, 0.15) is 45.4 Å². The van der Waals surface area contributed by atoms with Crippen molar-refractivity contribution in [1.29, 1.82) is 0 Å². The minimum atomic E-state index is 0.729. The van der Waals surface area contributed by atoms with Crippen molar-refractivity contribution in [2.75, 3.05) is 25.4 Å². The lowest BCUT2D eigenvalue weighted by Crippen LogP contribution is -2.37. The number of benzene rings is 1. The monoisotopic (exact) mass is 276 g/mol. The Hall–Kier alpha value is -1.22. The van der Waals surface area contributed by atoms with Gasteiger partial charge in [-0.15, -0.1) is 0 Å². The maximum atomic E-state index is 5.87. The number of anilines is 1. The van der Waals surface area contributed by atoms with Crippen LogP contribution in [0.5, 0.6) is 5.75 Å². The molecule has 0 aromatic heterocycles. The van der Waals surface area contributed by atoms with E-state index in [9.17, 15) is 0 Å². The molecule has 1 saturated carbocycles. The van der Waals surface area contributed by atoms with Gasteiger partial charge in [-0.2, -0.15) is 0 Å². The highest BCUT2D eigenvalue weighted by Gasteiger charge is 2.19. The Bertz CT molecular complexity index is 388. The van der Waals surface area contributed by atoms with Crippen molar-refractivity contribution in [2.45, 2.75) is 51.5 Å². The average molecular weight is 276 g/mol. The average Bonchev–Trinajstić information content (AvgIpc) is 2.50. The molecule has 1 aromatic rings. The van der Waals surface area contributed by atoms with Gasteiger partial charge in [0.05, 0.1) is 12.3 Å². The molecule has 3 nitrogen and oxygen atoms in total. The van der Waals surface area contributed by atoms with E-state index in [1.54, 1.807) is 0 Å². The van der Waals surface area contributed by atoms with Crippen LogP contribution in [0.25, 0.3) is 0 Å². The molecule has 1 aliphatic rings. The van der Waals surface area contributed by atoms with Crippen LogP contribution in [0, 0.1) is 0 Å². The second kappa shape index (κ2) is 8.15. The molecule has 112 valence electrons. The molecule has 0 amide bonds. The lowest BCUT2D eigenvalue weighted by Gasteiger charge is -2.33. The Balaban J connectivity index is 1.70. The van der Waals surface area contributed by atoms with E-state index >= 15 is 0 Å². The molecule has 0 spiro atoms. The smallest absolute Gasteiger partial charge is 0.142 e. The zero-order chi connectivity index (χ0) is 14.2. The first kappa shape index (κ1) is 15.2. The number of nitrogens with two attached hydrogens (primary N) is 1. The Morgan fingerprint density at radius 2 is 1.95 bits per heavy atom. The number of rotatable bonds is 7. The van der Waals surface area contributed by atoms with Crippen LogP contribution < -0.4 is 10.5 Å². The van der Waals surface area contributed by atoms with Gasteiger partial charge in [-0.3, -0.25) is 0 Å². The fourth-order valence-corrected chi connectivity index (χ4v) is 3.11. The van der Waals surface area contributed by atoms with Crippen molar-refractivity contribution in [2.24, 2.45) is 0 Å². The molecule has 0 unspecified atom stereocenters. The van der Waals surface area contributed by atoms with Crippen molar-refractivity contribution >= 4 is 5.69 Å². The Kier molecular flexibility index (Phi) is 6.19. The maximum absolute atomic E-state index is 5.87. The molecule has 3 heteroatoms. The molecule has 0 bridgehead atoms. The number of hydrogen-bond donors (Lipinski definition) is 1. The van der Waals surface area contributed by atoms with E-state index in [1.807, 2.05) is 24.3 Å². The molecule has 1 aromatic carbocycles. The van der Waals surface area contributed by atoms with Crippen molar-refractivity contribution in [3.8, 4) is 5.75 Å². The highest BCUT2D eigenvalue weighted by molar-refractivity contribution is 5.51. The fourth-order valence-electron chi connectivity index (χ4n) is 3.11. The van der Waals surface area contributed by atoms with E-state index in [0.29, 0.717) is 0 Å². The first-order chi connectivity index (χ1) is 9.81. The van der Waals surface area contributed by atoms with Crippen molar-refractivity contribution in [3.05, 3.63) is 24.3 Å². The summed E-state index contributed by atoms with van der Waals surface area (Å²) in [6.07, 6.45) is 8.04. The second-order valence-corrected chi connectivity index (χ2v) is 5.66. The van der Waals surface area contributed by atoms with Gasteiger partial charge in [0.2, 0.25) is 0 Å². The van der Waals surface area contributed by atoms with Gasteiger partial charge >= 0.3 is 0 Å². The first-order valence-corrected chi connectivity index (χ1v) is 8.02. The van der Waals surface area contributed by atoms with Gasteiger partial charge in [0.15, 0.2) is 0 Å². The minimum absolute atomic E-state index is 0.729. The molecular formula is C17H28N2O. The Morgan fingerprint density at radius 3 is 2.65 bits per heavy atom. The van der Waals surface area contributed by atoms with E-state index < -0.39 is 0 Å². The quantitative estimate of drug-likeness (QED) is 0.609. The summed E-state index contributed by atoms with van der Waals surface area (Å²) in [7, 11) is 0. The Morgan fingerprint density at radius 1 is 1.20 bits per heavy atom. The van der Waals surface area contributed by atoms with Gasteiger partial charge in [0.1, 0.15) is 5.75 Å². The van der Waals surface area contributed by atoms with Crippen LogP contribution in [-0.2, 0) is 0 Å². The summed E-state index contributed by atoms with van der Waals surface area (Å²) in [6.45, 7) is 5.30. The van der Waals surface area contributed by atoms with E-state index in [2.05, 4.69) is 11.8 Å². The Labute approximate surface area is 123 Å². The SMILES string of the molecule is CCN(CCCOc1ccccc1N)C1CCCCC1. The molecule has 0 saturated heterocycles. The third-order valence-electron chi connectivity index (χ3n) is 4.26. The fraction of sp³-hybridized carbons (Fsp3) is 0.647. The predicted octanol–water partition coefficient (Wildman–Crippen LogP) is 3.69. The van der Waals surface area contributed by atoms with Crippen LogP contribution in [-0.4, -0.2) is 30.6 Å². The molecular weight excluding hydrogens is 248 g/mol. The molecule has 2 rings (SSSR count). The molecule has 0 atom stereocenters. The second-order valence-electron chi connectivity index (χ2n) is 5.66. The normalized spacial score (nSPS) is 16.5. The molecule has 1 fully saturated rings. The standard InChI is InChI=1S/C17H28N2O/c1-2-19(15-9-4-3-5-10-15)13-8-14-20-17-12-7-6-11-16(17)18/h6-7,11-12,15H,2-5,8-10,13-14,18H2,1H3. The molecule has 1 aliphatic carbocycles. The molecule has 0 radical (unpaired) electrons. The number of para-hydroxylation sites is 2. The molecule has 20 heavy (non-hydrogen) atoms. The van der Waals surface area contributed by atoms with Crippen LogP contribution in [0.2, 0.25) is 0 Å². The summed E-state index contributed by atoms with van der Waals surface area (Å²) < 4.78 is 5.77. The van der Waals surface area contributed by atoms with E-state index in [-0.39, 0.29) is 0 Å². The lowest BCUT2D eigenvalue weighted by molar-refractivity contribution is 0.152. The van der Waals surface area contributed by atoms with Crippen molar-refractivity contribution < 1.29 is 4.74 Å². The van der Waals surface area contributed by atoms with Crippen LogP contribution >= 0.6 is 0 Å². The number of hydrogen-bond acceptors (Lipinski definition) is 3. The number of nitrogen functional groups attached to an aromatic ring is 1. The minimum Gasteiger partial charge on any atom is -0.491 e. The van der Waals surface area contributed by atoms with Crippen LogP contribution in [0.15, 0.2) is 24.3 Å². The molecule has 0 heterocycles. The van der Waals surface area contributed by atoms with Gasteiger partial charge in [-0.1, -0.05) is 38.3 Å². The largest absolute Gasteiger partial charge is 0.491 e. The topological polar surface area (TPSA) is 38.5 Å². The van der Waals surface area contributed by atoms with E-state index in [1.165, 1.54) is 32.1 Å². The van der Waals surface area contributed by atoms with Gasteiger partial charge in [-0.25, -0.2) is 0 Å². The van der Waals surface area contributed by atoms with Gasteiger partial charge in [0, 0.05) is 12.6 Å². The summed E-state index contributed by atoms with van der Waals surface area (Å²) >= 11 is 0. The number of nitrogens with zero attached hydrogens (tertiary/aromatic N) is 1. The highest BCUT2D eigenvalue weighted by Crippen LogP contribution is 2.23. The zero-order valence-corrected chi connectivity index (χ0v) is 12.7. The molecule has 2 N–H and O–H groups in total. The van der Waals surface area contributed by atoms with Gasteiger partial charge in [-0.05, 0) is 37.9 Å². The predicted molar refractivity (Wildman–Crippen MR) is 85.1 cm³/mol. The van der Waals surface area contributed by atoms with E-state index in [4.69, 9.17) is 10.5 Å². The van der Waals surface area contributed by atoms with Gasteiger partial charge in [0.25, 0.3) is 0 Å². The summed E-state index contributed by atoms with van der Waals surface area (Å²) in [5, 5.41) is 0. The summed E-state index contributed by atoms with van der Waals surface area (Å²) in [5.74, 6) is 0.813. The first-order valence-electron chi connectivity index (χ1n) is 8.02. The van der Waals surface area contributed by atoms with Crippen molar-refractivity contribution in [3.63, 3.8) is 0 Å². The van der Waals surface area contributed by atoms with E-state index in [0.717, 1.165) is 43.6 Å². The van der Waals surface area contributed by atoms with Crippen molar-refractivity contribution in [1.82, 2.24) is 4.90 Å². The van der Waals surface area contributed by atoms with Crippen LogP contribution in [0.4, 0.5) is 5.69 Å². The summed E-state index contributed by atoms with van der Waals surface area (Å²) in [6, 6.07) is 8.52.